The smallest absolute Gasteiger partial charge is 0.148 e. The van der Waals surface area contributed by atoms with Gasteiger partial charge in [0.05, 0.1) is 11.0 Å². The van der Waals surface area contributed by atoms with Crippen LogP contribution in [0.4, 0.5) is 0 Å². The fraction of sp³-hybridized carbons (Fsp3) is 0.550. The molecule has 1 aromatic heterocycles. The van der Waals surface area contributed by atoms with Gasteiger partial charge in [0.1, 0.15) is 14.4 Å². The minimum Gasteiger partial charge on any atom is -0.258 e. The number of imidazole rings is 1. The molecular formula is C20H30N2Si. The van der Waals surface area contributed by atoms with Crippen LogP contribution in [-0.2, 0) is 0 Å². The second-order valence-electron chi connectivity index (χ2n) is 7.67. The van der Waals surface area contributed by atoms with Crippen molar-refractivity contribution < 1.29 is 0 Å². The maximum Gasteiger partial charge on any atom is 0.148 e. The Balaban J connectivity index is 2.57. The predicted octanol–water partition coefficient (Wildman–Crippen LogP) is 5.68. The van der Waals surface area contributed by atoms with E-state index in [4.69, 9.17) is 0 Å². The number of aromatic nitrogens is 2. The highest BCUT2D eigenvalue weighted by Crippen LogP contribution is 2.40. The fourth-order valence-corrected chi connectivity index (χ4v) is 9.12. The molecule has 2 nitrogen and oxygen atoms in total. The fourth-order valence-electron chi connectivity index (χ4n) is 3.94. The molecule has 0 saturated heterocycles. The zero-order chi connectivity index (χ0) is 17.4. The van der Waals surface area contributed by atoms with Crippen LogP contribution in [0, 0.1) is 25.4 Å². The zero-order valence-corrected chi connectivity index (χ0v) is 16.9. The maximum atomic E-state index is 4.53. The summed E-state index contributed by atoms with van der Waals surface area (Å²) in [5.74, 6) is 0. The largest absolute Gasteiger partial charge is 0.258 e. The minimum atomic E-state index is -1.71. The number of fused-ring (bicyclic) bond motifs is 1. The van der Waals surface area contributed by atoms with Gasteiger partial charge < -0.3 is 0 Å². The highest BCUT2D eigenvalue weighted by molar-refractivity contribution is 6.90. The van der Waals surface area contributed by atoms with Crippen molar-refractivity contribution in [1.82, 2.24) is 9.55 Å². The van der Waals surface area contributed by atoms with Crippen molar-refractivity contribution in [3.8, 4) is 11.6 Å². The van der Waals surface area contributed by atoms with Crippen molar-refractivity contribution in [3.05, 3.63) is 29.6 Å². The lowest BCUT2D eigenvalue weighted by atomic mass is 10.1. The molecule has 0 radical (unpaired) electrons. The third kappa shape index (κ3) is 3.10. The summed E-state index contributed by atoms with van der Waals surface area (Å²) >= 11 is 0. The van der Waals surface area contributed by atoms with Crippen molar-refractivity contribution in [2.45, 2.75) is 72.0 Å². The van der Waals surface area contributed by atoms with Gasteiger partial charge >= 0.3 is 0 Å². The molecule has 0 aliphatic carbocycles. The van der Waals surface area contributed by atoms with Crippen LogP contribution in [-0.4, -0.2) is 17.6 Å². The van der Waals surface area contributed by atoms with E-state index in [0.29, 0.717) is 16.6 Å². The topological polar surface area (TPSA) is 17.8 Å². The van der Waals surface area contributed by atoms with Crippen molar-refractivity contribution >= 4 is 19.1 Å². The van der Waals surface area contributed by atoms with Gasteiger partial charge in [0.2, 0.25) is 0 Å². The molecule has 124 valence electrons. The third-order valence-electron chi connectivity index (χ3n) is 5.42. The molecule has 2 rings (SSSR count). The summed E-state index contributed by atoms with van der Waals surface area (Å²) in [4.78, 5) is 4.53. The molecule has 0 amide bonds. The minimum absolute atomic E-state index is 0.647. The summed E-state index contributed by atoms with van der Waals surface area (Å²) in [6.45, 7) is 18.4. The standard InChI is InChI=1S/C20H30N2Si/c1-14(2)23(15(3)4,16(5)6)10-9-22-13-21-19-11-17(7)18(8)12-20(19)22/h11-16H,1-8H3. The first-order chi connectivity index (χ1) is 10.7. The van der Waals surface area contributed by atoms with Gasteiger partial charge in [0.25, 0.3) is 0 Å². The van der Waals surface area contributed by atoms with E-state index in [1.165, 1.54) is 11.1 Å². The third-order valence-corrected chi connectivity index (χ3v) is 11.7. The van der Waals surface area contributed by atoms with Crippen LogP contribution in [0.15, 0.2) is 18.5 Å². The van der Waals surface area contributed by atoms with Gasteiger partial charge in [-0.3, -0.25) is 4.57 Å². The van der Waals surface area contributed by atoms with E-state index < -0.39 is 8.07 Å². The van der Waals surface area contributed by atoms with E-state index in [2.05, 4.69) is 84.1 Å². The van der Waals surface area contributed by atoms with Crippen LogP contribution >= 0.6 is 0 Å². The molecule has 0 unspecified atom stereocenters. The molecule has 1 heterocycles. The molecule has 3 heteroatoms. The molecule has 2 aromatic rings. The van der Waals surface area contributed by atoms with Crippen molar-refractivity contribution in [2.75, 3.05) is 0 Å². The molecular weight excluding hydrogens is 296 g/mol. The summed E-state index contributed by atoms with van der Waals surface area (Å²) in [5.41, 5.74) is 10.4. The van der Waals surface area contributed by atoms with Gasteiger partial charge in [-0.2, -0.15) is 0 Å². The highest BCUT2D eigenvalue weighted by atomic mass is 28.3. The van der Waals surface area contributed by atoms with Gasteiger partial charge in [-0.25, -0.2) is 4.98 Å². The Morgan fingerprint density at radius 1 is 0.913 bits per heavy atom. The molecule has 0 aliphatic rings. The van der Waals surface area contributed by atoms with E-state index >= 15 is 0 Å². The van der Waals surface area contributed by atoms with Crippen molar-refractivity contribution in [1.29, 1.82) is 0 Å². The van der Waals surface area contributed by atoms with Crippen LogP contribution < -0.4 is 0 Å². The molecule has 0 aliphatic heterocycles. The first-order valence-corrected chi connectivity index (χ1v) is 10.9. The van der Waals surface area contributed by atoms with Gasteiger partial charge in [-0.1, -0.05) is 41.5 Å². The van der Waals surface area contributed by atoms with Crippen molar-refractivity contribution in [2.24, 2.45) is 0 Å². The van der Waals surface area contributed by atoms with Gasteiger partial charge in [-0.05, 0) is 53.7 Å². The summed E-state index contributed by atoms with van der Waals surface area (Å²) in [6, 6.07) is 7.82. The van der Waals surface area contributed by atoms with E-state index in [-0.39, 0.29) is 0 Å². The quantitative estimate of drug-likeness (QED) is 0.524. The normalized spacial score (nSPS) is 12.3. The number of aryl methyl sites for hydroxylation is 2. The summed E-state index contributed by atoms with van der Waals surface area (Å²) < 4.78 is 2.02. The molecule has 0 atom stereocenters. The highest BCUT2D eigenvalue weighted by Gasteiger charge is 2.41. The van der Waals surface area contributed by atoms with Crippen LogP contribution in [0.25, 0.3) is 11.0 Å². The first kappa shape index (κ1) is 17.8. The second-order valence-corrected chi connectivity index (χ2v) is 13.3. The van der Waals surface area contributed by atoms with Gasteiger partial charge in [0.15, 0.2) is 0 Å². The maximum absolute atomic E-state index is 4.53. The molecule has 23 heavy (non-hydrogen) atoms. The lowest BCUT2D eigenvalue weighted by Gasteiger charge is -2.37. The number of hydrogen-bond donors (Lipinski definition) is 0. The monoisotopic (exact) mass is 326 g/mol. The van der Waals surface area contributed by atoms with Crippen molar-refractivity contribution in [3.63, 3.8) is 0 Å². The van der Waals surface area contributed by atoms with Crippen LogP contribution in [0.2, 0.25) is 16.6 Å². The molecule has 0 fully saturated rings. The summed E-state index contributed by atoms with van der Waals surface area (Å²) in [7, 11) is -1.71. The Labute approximate surface area is 142 Å². The Morgan fingerprint density at radius 3 is 1.96 bits per heavy atom. The second kappa shape index (κ2) is 6.53. The molecule has 0 saturated carbocycles. The molecule has 1 aromatic carbocycles. The number of rotatable bonds is 3. The van der Waals surface area contributed by atoms with E-state index in [0.717, 1.165) is 11.0 Å². The lowest BCUT2D eigenvalue weighted by Crippen LogP contribution is -2.43. The first-order valence-electron chi connectivity index (χ1n) is 8.67. The molecule has 0 bridgehead atoms. The number of nitrogens with zero attached hydrogens (tertiary/aromatic N) is 2. The van der Waals surface area contributed by atoms with Crippen LogP contribution in [0.1, 0.15) is 52.7 Å². The molecule has 0 spiro atoms. The van der Waals surface area contributed by atoms with Gasteiger partial charge in [-0.15, -0.1) is 5.54 Å². The Hall–Kier alpha value is -1.53. The Kier molecular flexibility index (Phi) is 5.06. The number of benzene rings is 1. The SMILES string of the molecule is Cc1cc2ncn(C#C[Si](C(C)C)(C(C)C)C(C)C)c2cc1C. The number of hydrogen-bond acceptors (Lipinski definition) is 1. The van der Waals surface area contributed by atoms with Crippen LogP contribution in [0.5, 0.6) is 0 Å². The molecule has 0 N–H and O–H groups in total. The summed E-state index contributed by atoms with van der Waals surface area (Å²) in [6.07, 6.45) is 1.87. The predicted molar refractivity (Wildman–Crippen MR) is 103 cm³/mol. The average Bonchev–Trinajstić information content (AvgIpc) is 2.81. The van der Waals surface area contributed by atoms with E-state index in [1.54, 1.807) is 0 Å². The van der Waals surface area contributed by atoms with Crippen LogP contribution in [0.3, 0.4) is 0 Å². The van der Waals surface area contributed by atoms with E-state index in [9.17, 15) is 0 Å². The zero-order valence-electron chi connectivity index (χ0n) is 15.9. The average molecular weight is 327 g/mol. The lowest BCUT2D eigenvalue weighted by molar-refractivity contribution is 0.838. The Morgan fingerprint density at radius 2 is 1.43 bits per heavy atom. The summed E-state index contributed by atoms with van der Waals surface area (Å²) in [5, 5.41) is 0. The Bertz CT molecular complexity index is 735. The van der Waals surface area contributed by atoms with Gasteiger partial charge in [0, 0.05) is 6.04 Å². The van der Waals surface area contributed by atoms with E-state index in [1.807, 2.05) is 10.9 Å².